The van der Waals surface area contributed by atoms with Crippen LogP contribution < -0.4 is 5.32 Å². The van der Waals surface area contributed by atoms with E-state index in [0.29, 0.717) is 5.92 Å². The Morgan fingerprint density at radius 3 is 2.95 bits per heavy atom. The number of carbonyl (C=O) groups is 1. The first-order chi connectivity index (χ1) is 10.0. The summed E-state index contributed by atoms with van der Waals surface area (Å²) in [6, 6.07) is 0.145. The van der Waals surface area contributed by atoms with Gasteiger partial charge in [-0.15, -0.1) is 0 Å². The highest BCUT2D eigenvalue weighted by molar-refractivity contribution is 5.75. The maximum Gasteiger partial charge on any atom is 0.490 e. The van der Waals surface area contributed by atoms with Crippen molar-refractivity contribution < 1.29 is 9.72 Å². The number of rotatable bonds is 5. The minimum atomic E-state index is -0.674. The number of fused-ring (bicyclic) bond motifs is 2. The molecule has 4 atom stereocenters. The zero-order chi connectivity index (χ0) is 15.0. The summed E-state index contributed by atoms with van der Waals surface area (Å²) in [5.74, 6) is 1.50. The van der Waals surface area contributed by atoms with Gasteiger partial charge in [0.1, 0.15) is 6.54 Å². The maximum atomic E-state index is 12.0. The van der Waals surface area contributed by atoms with Crippen LogP contribution in [0.3, 0.4) is 0 Å². The Hall–Kier alpha value is -1.99. The first kappa shape index (κ1) is 14.0. The Morgan fingerprint density at radius 1 is 1.57 bits per heavy atom. The lowest BCUT2D eigenvalue weighted by Gasteiger charge is -2.28. The summed E-state index contributed by atoms with van der Waals surface area (Å²) in [5.41, 5.74) is 0. The second kappa shape index (κ2) is 5.42. The monoisotopic (exact) mass is 293 g/mol. The molecule has 2 aliphatic carbocycles. The van der Waals surface area contributed by atoms with Crippen LogP contribution in [-0.2, 0) is 11.3 Å². The van der Waals surface area contributed by atoms with E-state index >= 15 is 0 Å². The van der Waals surface area contributed by atoms with Crippen LogP contribution in [0.5, 0.6) is 0 Å². The standard InChI is InChI=1S/C13H19N5O3/c1-8(11-5-9-2-3-10(11)4-9)15-12(19)6-17-7-14-13(16-17)18(20)21/h7-11H,2-6H2,1H3,(H,15,19)/t8-,9+,10+,11+/m1/s1. The lowest BCUT2D eigenvalue weighted by atomic mass is 9.84. The summed E-state index contributed by atoms with van der Waals surface area (Å²) in [4.78, 5) is 25.3. The molecule has 1 aromatic rings. The lowest BCUT2D eigenvalue weighted by molar-refractivity contribution is -0.394. The first-order valence-electron chi connectivity index (χ1n) is 7.36. The lowest BCUT2D eigenvalue weighted by Crippen LogP contribution is -2.41. The molecule has 1 heterocycles. The Labute approximate surface area is 122 Å². The first-order valence-corrected chi connectivity index (χ1v) is 7.36. The van der Waals surface area contributed by atoms with Crippen molar-refractivity contribution >= 4 is 11.9 Å². The zero-order valence-electron chi connectivity index (χ0n) is 11.9. The number of nitro groups is 1. The van der Waals surface area contributed by atoms with E-state index in [0.717, 1.165) is 11.8 Å². The molecule has 1 amide bonds. The highest BCUT2D eigenvalue weighted by Gasteiger charge is 2.42. The summed E-state index contributed by atoms with van der Waals surface area (Å²) < 4.78 is 1.20. The number of hydrogen-bond donors (Lipinski definition) is 1. The molecule has 0 spiro atoms. The fourth-order valence-electron chi connectivity index (χ4n) is 3.90. The molecule has 2 bridgehead atoms. The van der Waals surface area contributed by atoms with Crippen LogP contribution in [0.1, 0.15) is 32.6 Å². The molecule has 3 rings (SSSR count). The minimum absolute atomic E-state index is 0.0357. The van der Waals surface area contributed by atoms with Crippen molar-refractivity contribution in [1.82, 2.24) is 20.1 Å². The number of amides is 1. The van der Waals surface area contributed by atoms with Crippen LogP contribution in [0.4, 0.5) is 5.95 Å². The highest BCUT2D eigenvalue weighted by Crippen LogP contribution is 2.49. The summed E-state index contributed by atoms with van der Waals surface area (Å²) >= 11 is 0. The molecule has 0 saturated heterocycles. The van der Waals surface area contributed by atoms with Gasteiger partial charge in [-0.1, -0.05) is 11.4 Å². The van der Waals surface area contributed by atoms with Crippen LogP contribution in [0.15, 0.2) is 6.33 Å². The Kier molecular flexibility index (Phi) is 3.60. The van der Waals surface area contributed by atoms with Crippen LogP contribution in [-0.4, -0.2) is 31.6 Å². The van der Waals surface area contributed by atoms with E-state index < -0.39 is 10.9 Å². The van der Waals surface area contributed by atoms with E-state index in [9.17, 15) is 14.9 Å². The normalized spacial score (nSPS) is 28.5. The quantitative estimate of drug-likeness (QED) is 0.647. The Bertz CT molecular complexity index is 558. The number of hydrogen-bond acceptors (Lipinski definition) is 5. The summed E-state index contributed by atoms with van der Waals surface area (Å²) in [5, 5.41) is 17.1. The largest absolute Gasteiger partial charge is 0.490 e. The Balaban J connectivity index is 1.52. The van der Waals surface area contributed by atoms with Gasteiger partial charge >= 0.3 is 5.95 Å². The van der Waals surface area contributed by atoms with Crippen LogP contribution in [0, 0.1) is 27.9 Å². The maximum absolute atomic E-state index is 12.0. The van der Waals surface area contributed by atoms with Gasteiger partial charge in [-0.2, -0.15) is 4.68 Å². The number of aromatic nitrogens is 3. The molecule has 1 N–H and O–H groups in total. The van der Waals surface area contributed by atoms with Gasteiger partial charge in [-0.25, -0.2) is 0 Å². The molecule has 114 valence electrons. The van der Waals surface area contributed by atoms with Crippen molar-refractivity contribution in [2.45, 2.75) is 45.2 Å². The Morgan fingerprint density at radius 2 is 2.38 bits per heavy atom. The molecule has 21 heavy (non-hydrogen) atoms. The molecule has 2 aliphatic rings. The van der Waals surface area contributed by atoms with Gasteiger partial charge in [0, 0.05) is 11.1 Å². The average Bonchev–Trinajstić information content (AvgIpc) is 3.13. The predicted octanol–water partition coefficient (Wildman–Crippen LogP) is 1.13. The smallest absolute Gasteiger partial charge is 0.390 e. The summed E-state index contributed by atoms with van der Waals surface area (Å²) in [7, 11) is 0. The number of nitrogens with zero attached hydrogens (tertiary/aromatic N) is 4. The molecule has 2 saturated carbocycles. The zero-order valence-corrected chi connectivity index (χ0v) is 11.9. The second-order valence-electron chi connectivity index (χ2n) is 6.19. The predicted molar refractivity (Wildman–Crippen MR) is 73.2 cm³/mol. The van der Waals surface area contributed by atoms with E-state index in [2.05, 4.69) is 15.4 Å². The van der Waals surface area contributed by atoms with Gasteiger partial charge in [0.2, 0.25) is 12.2 Å². The van der Waals surface area contributed by atoms with Crippen molar-refractivity contribution in [3.8, 4) is 0 Å². The fraction of sp³-hybridized carbons (Fsp3) is 0.769. The van der Waals surface area contributed by atoms with Crippen LogP contribution in [0.25, 0.3) is 0 Å². The van der Waals surface area contributed by atoms with Crippen molar-refractivity contribution in [2.24, 2.45) is 17.8 Å². The SMILES string of the molecule is C[C@@H](NC(=O)Cn1cnc([N+](=O)[O-])n1)[C@@H]1C[C@H]2CC[C@H]1C2. The molecule has 0 unspecified atom stereocenters. The van der Waals surface area contributed by atoms with Gasteiger partial charge in [0.15, 0.2) is 0 Å². The molecule has 8 nitrogen and oxygen atoms in total. The van der Waals surface area contributed by atoms with Gasteiger partial charge in [0.25, 0.3) is 0 Å². The van der Waals surface area contributed by atoms with Crippen LogP contribution in [0.2, 0.25) is 0 Å². The van der Waals surface area contributed by atoms with E-state index in [-0.39, 0.29) is 18.5 Å². The highest BCUT2D eigenvalue weighted by atomic mass is 16.6. The van der Waals surface area contributed by atoms with Crippen molar-refractivity contribution in [3.63, 3.8) is 0 Å². The second-order valence-corrected chi connectivity index (χ2v) is 6.19. The van der Waals surface area contributed by atoms with E-state index in [4.69, 9.17) is 0 Å². The third-order valence-corrected chi connectivity index (χ3v) is 4.82. The van der Waals surface area contributed by atoms with Gasteiger partial charge in [-0.3, -0.25) is 4.79 Å². The number of nitrogens with one attached hydrogen (secondary N) is 1. The van der Waals surface area contributed by atoms with Crippen molar-refractivity contribution in [3.05, 3.63) is 16.4 Å². The van der Waals surface area contributed by atoms with Gasteiger partial charge in [0.05, 0.1) is 0 Å². The van der Waals surface area contributed by atoms with Gasteiger partial charge < -0.3 is 15.4 Å². The molecule has 0 radical (unpaired) electrons. The van der Waals surface area contributed by atoms with Crippen molar-refractivity contribution in [1.29, 1.82) is 0 Å². The van der Waals surface area contributed by atoms with E-state index in [1.165, 1.54) is 36.7 Å². The molecule has 2 fully saturated rings. The molecule has 0 aromatic carbocycles. The summed E-state index contributed by atoms with van der Waals surface area (Å²) in [6.07, 6.45) is 6.34. The van der Waals surface area contributed by atoms with E-state index in [1.807, 2.05) is 6.92 Å². The molecule has 1 aromatic heterocycles. The molecular formula is C13H19N5O3. The fourth-order valence-corrected chi connectivity index (χ4v) is 3.90. The average molecular weight is 293 g/mol. The topological polar surface area (TPSA) is 103 Å². The molecule has 8 heteroatoms. The summed E-state index contributed by atoms with van der Waals surface area (Å²) in [6.45, 7) is 2.01. The third-order valence-electron chi connectivity index (χ3n) is 4.82. The third kappa shape index (κ3) is 2.88. The van der Waals surface area contributed by atoms with E-state index in [1.54, 1.807) is 0 Å². The molecule has 0 aliphatic heterocycles. The molecular weight excluding hydrogens is 274 g/mol. The van der Waals surface area contributed by atoms with Crippen molar-refractivity contribution in [2.75, 3.05) is 0 Å². The van der Waals surface area contributed by atoms with Gasteiger partial charge in [-0.05, 0) is 48.9 Å². The minimum Gasteiger partial charge on any atom is -0.390 e. The number of carbonyl (C=O) groups excluding carboxylic acids is 1. The van der Waals surface area contributed by atoms with Crippen LogP contribution >= 0.6 is 0 Å².